The number of carbonyl (C=O) groups is 1. The molecule has 0 atom stereocenters. The number of methoxy groups -OCH3 is 1. The van der Waals surface area contributed by atoms with Crippen molar-refractivity contribution in [3.8, 4) is 17.1 Å². The predicted octanol–water partition coefficient (Wildman–Crippen LogP) is 5.14. The van der Waals surface area contributed by atoms with E-state index < -0.39 is 0 Å². The van der Waals surface area contributed by atoms with Crippen LogP contribution in [0.25, 0.3) is 22.0 Å². The van der Waals surface area contributed by atoms with Crippen LogP contribution in [0.3, 0.4) is 0 Å². The normalized spacial score (nSPS) is 15.5. The molecule has 0 aliphatic heterocycles. The van der Waals surface area contributed by atoms with E-state index in [-0.39, 0.29) is 0 Å². The molecular formula is C22H21NO2. The molecule has 0 unspecified atom stereocenters. The lowest BCUT2D eigenvalue weighted by Gasteiger charge is -2.23. The van der Waals surface area contributed by atoms with Crippen LogP contribution in [0.4, 0.5) is 0 Å². The molecule has 2 aromatic carbocycles. The number of Topliss-reactive ketones (excluding diaryl/α,β-unsaturated/α-hetero) is 1. The summed E-state index contributed by atoms with van der Waals surface area (Å²) < 4.78 is 5.58. The van der Waals surface area contributed by atoms with Gasteiger partial charge in [0.25, 0.3) is 0 Å². The fraction of sp³-hybridized carbons (Fsp3) is 0.273. The fourth-order valence-electron chi connectivity index (χ4n) is 3.69. The van der Waals surface area contributed by atoms with Gasteiger partial charge in [0.1, 0.15) is 5.78 Å². The number of ether oxygens (including phenoxy) is 1. The third kappa shape index (κ3) is 3.14. The highest BCUT2D eigenvalue weighted by atomic mass is 16.5. The maximum atomic E-state index is 11.5. The van der Waals surface area contributed by atoms with Crippen molar-refractivity contribution in [3.63, 3.8) is 0 Å². The first-order valence-corrected chi connectivity index (χ1v) is 8.80. The second-order valence-corrected chi connectivity index (χ2v) is 6.67. The standard InChI is InChI=1S/C22H21NO2/c1-25-22-20(16-8-10-19(24)11-9-16)12-13-21(23-22)18-7-6-15-4-2-3-5-17(15)14-18/h2-7,12-14,16H,8-11H2,1H3. The lowest BCUT2D eigenvalue weighted by Crippen LogP contribution is -2.13. The first-order chi connectivity index (χ1) is 12.2. The van der Waals surface area contributed by atoms with Crippen molar-refractivity contribution in [2.24, 2.45) is 0 Å². The van der Waals surface area contributed by atoms with Crippen molar-refractivity contribution in [1.29, 1.82) is 0 Å². The Hall–Kier alpha value is -2.68. The molecule has 4 rings (SSSR count). The molecule has 3 aromatic rings. The molecule has 25 heavy (non-hydrogen) atoms. The summed E-state index contributed by atoms with van der Waals surface area (Å²) in [4.78, 5) is 16.2. The van der Waals surface area contributed by atoms with Crippen molar-refractivity contribution in [2.75, 3.05) is 7.11 Å². The first kappa shape index (κ1) is 15.8. The van der Waals surface area contributed by atoms with E-state index in [0.717, 1.165) is 29.7 Å². The molecule has 0 bridgehead atoms. The summed E-state index contributed by atoms with van der Waals surface area (Å²) in [5, 5.41) is 2.43. The minimum Gasteiger partial charge on any atom is -0.481 e. The number of carbonyl (C=O) groups excluding carboxylic acids is 1. The first-order valence-electron chi connectivity index (χ1n) is 8.80. The second kappa shape index (κ2) is 6.67. The van der Waals surface area contributed by atoms with Crippen molar-refractivity contribution in [3.05, 3.63) is 60.2 Å². The molecule has 0 spiro atoms. The minimum atomic E-state index is 0.366. The Morgan fingerprint density at radius 2 is 1.72 bits per heavy atom. The van der Waals surface area contributed by atoms with Crippen LogP contribution in [-0.4, -0.2) is 17.9 Å². The molecule has 1 aliphatic rings. The van der Waals surface area contributed by atoms with E-state index in [9.17, 15) is 4.79 Å². The molecule has 0 N–H and O–H groups in total. The van der Waals surface area contributed by atoms with E-state index in [1.165, 1.54) is 10.8 Å². The highest BCUT2D eigenvalue weighted by molar-refractivity contribution is 5.86. The van der Waals surface area contributed by atoms with Crippen molar-refractivity contribution < 1.29 is 9.53 Å². The van der Waals surface area contributed by atoms with Crippen LogP contribution >= 0.6 is 0 Å². The number of fused-ring (bicyclic) bond motifs is 1. The molecule has 1 heterocycles. The maximum Gasteiger partial charge on any atom is 0.217 e. The van der Waals surface area contributed by atoms with Gasteiger partial charge in [0, 0.05) is 24.0 Å². The fourth-order valence-corrected chi connectivity index (χ4v) is 3.69. The Kier molecular flexibility index (Phi) is 4.22. The molecule has 0 radical (unpaired) electrons. The highest BCUT2D eigenvalue weighted by Crippen LogP contribution is 2.37. The van der Waals surface area contributed by atoms with Crippen molar-refractivity contribution >= 4 is 16.6 Å². The van der Waals surface area contributed by atoms with E-state index >= 15 is 0 Å². The number of hydrogen-bond acceptors (Lipinski definition) is 3. The zero-order valence-corrected chi connectivity index (χ0v) is 14.4. The molecule has 1 aliphatic carbocycles. The number of aromatic nitrogens is 1. The summed E-state index contributed by atoms with van der Waals surface area (Å²) in [6.07, 6.45) is 3.12. The maximum absolute atomic E-state index is 11.5. The zero-order valence-electron chi connectivity index (χ0n) is 14.4. The van der Waals surface area contributed by atoms with Crippen LogP contribution in [0.15, 0.2) is 54.6 Å². The van der Waals surface area contributed by atoms with E-state index in [4.69, 9.17) is 9.72 Å². The quantitative estimate of drug-likeness (QED) is 0.667. The summed E-state index contributed by atoms with van der Waals surface area (Å²) >= 11 is 0. The van der Waals surface area contributed by atoms with Gasteiger partial charge in [0.05, 0.1) is 12.8 Å². The third-order valence-corrected chi connectivity index (χ3v) is 5.11. The second-order valence-electron chi connectivity index (χ2n) is 6.67. The molecule has 0 amide bonds. The van der Waals surface area contributed by atoms with Crippen LogP contribution in [0.1, 0.15) is 37.2 Å². The highest BCUT2D eigenvalue weighted by Gasteiger charge is 2.23. The predicted molar refractivity (Wildman–Crippen MR) is 99.9 cm³/mol. The summed E-state index contributed by atoms with van der Waals surface area (Å²) in [5.74, 6) is 1.42. The summed E-state index contributed by atoms with van der Waals surface area (Å²) in [7, 11) is 1.67. The van der Waals surface area contributed by atoms with E-state index in [1.54, 1.807) is 7.11 Å². The molecule has 0 saturated heterocycles. The molecule has 1 saturated carbocycles. The van der Waals surface area contributed by atoms with Crippen LogP contribution < -0.4 is 4.74 Å². The summed E-state index contributed by atoms with van der Waals surface area (Å²) in [6, 6.07) is 18.9. The van der Waals surface area contributed by atoms with E-state index in [2.05, 4.69) is 42.5 Å². The van der Waals surface area contributed by atoms with Gasteiger partial charge in [0.15, 0.2) is 0 Å². The number of ketones is 1. The number of rotatable bonds is 3. The SMILES string of the molecule is COc1nc(-c2ccc3ccccc3c2)ccc1C1CCC(=O)CC1. The van der Waals surface area contributed by atoms with Gasteiger partial charge in [-0.15, -0.1) is 0 Å². The average molecular weight is 331 g/mol. The smallest absolute Gasteiger partial charge is 0.217 e. The van der Waals surface area contributed by atoms with Crippen LogP contribution in [0.5, 0.6) is 5.88 Å². The van der Waals surface area contributed by atoms with Gasteiger partial charge >= 0.3 is 0 Å². The Labute approximate surface area is 147 Å². The Morgan fingerprint density at radius 3 is 2.48 bits per heavy atom. The Balaban J connectivity index is 1.69. The third-order valence-electron chi connectivity index (χ3n) is 5.11. The molecule has 126 valence electrons. The van der Waals surface area contributed by atoms with Crippen molar-refractivity contribution in [1.82, 2.24) is 4.98 Å². The number of nitrogens with zero attached hydrogens (tertiary/aromatic N) is 1. The van der Waals surface area contributed by atoms with E-state index in [1.807, 2.05) is 12.1 Å². The molecule has 1 aromatic heterocycles. The van der Waals surface area contributed by atoms with Crippen molar-refractivity contribution in [2.45, 2.75) is 31.6 Å². The van der Waals surface area contributed by atoms with Gasteiger partial charge in [0.2, 0.25) is 5.88 Å². The van der Waals surface area contributed by atoms with Gasteiger partial charge in [-0.2, -0.15) is 0 Å². The lowest BCUT2D eigenvalue weighted by molar-refractivity contribution is -0.120. The largest absolute Gasteiger partial charge is 0.481 e. The van der Waals surface area contributed by atoms with E-state index in [0.29, 0.717) is 30.4 Å². The van der Waals surface area contributed by atoms with Crippen LogP contribution in [0, 0.1) is 0 Å². The Bertz CT molecular complexity index is 922. The monoisotopic (exact) mass is 331 g/mol. The molecule has 1 fully saturated rings. The molecule has 3 nitrogen and oxygen atoms in total. The van der Waals surface area contributed by atoms with Gasteiger partial charge in [-0.1, -0.05) is 42.5 Å². The minimum absolute atomic E-state index is 0.366. The Morgan fingerprint density at radius 1 is 0.960 bits per heavy atom. The molecule has 3 heteroatoms. The van der Waals surface area contributed by atoms with Gasteiger partial charge < -0.3 is 4.74 Å². The van der Waals surface area contributed by atoms with Gasteiger partial charge in [-0.05, 0) is 41.7 Å². The number of pyridine rings is 1. The summed E-state index contributed by atoms with van der Waals surface area (Å²) in [6.45, 7) is 0. The zero-order chi connectivity index (χ0) is 17.2. The van der Waals surface area contributed by atoms with Crippen LogP contribution in [0.2, 0.25) is 0 Å². The van der Waals surface area contributed by atoms with Crippen LogP contribution in [-0.2, 0) is 4.79 Å². The molecular weight excluding hydrogens is 310 g/mol. The van der Waals surface area contributed by atoms with Gasteiger partial charge in [-0.25, -0.2) is 4.98 Å². The average Bonchev–Trinajstić information content (AvgIpc) is 2.68. The topological polar surface area (TPSA) is 39.2 Å². The number of benzene rings is 2. The van der Waals surface area contributed by atoms with Gasteiger partial charge in [-0.3, -0.25) is 4.79 Å². The number of hydrogen-bond donors (Lipinski definition) is 0. The lowest BCUT2D eigenvalue weighted by atomic mass is 9.83. The summed E-state index contributed by atoms with van der Waals surface area (Å²) in [5.41, 5.74) is 3.13.